The molecule has 0 atom stereocenters. The van der Waals surface area contributed by atoms with E-state index in [2.05, 4.69) is 15.5 Å². The number of amides is 1. The summed E-state index contributed by atoms with van der Waals surface area (Å²) in [4.78, 5) is 12.4. The summed E-state index contributed by atoms with van der Waals surface area (Å²) in [5.74, 6) is 0.317. The number of methoxy groups -OCH3 is 1. The maximum absolute atomic E-state index is 12.4. The molecule has 0 aliphatic carbocycles. The lowest BCUT2D eigenvalue weighted by atomic mass is 10.0. The number of phenols is 1. The molecule has 7 heteroatoms. The Hall–Kier alpha value is -2.99. The topological polar surface area (TPSA) is 87.2 Å². The largest absolute Gasteiger partial charge is 0.507 e. The van der Waals surface area contributed by atoms with Crippen molar-refractivity contribution >= 4 is 23.2 Å². The van der Waals surface area contributed by atoms with Gasteiger partial charge in [0.2, 0.25) is 0 Å². The normalized spacial score (nSPS) is 10.6. The molecule has 0 bridgehead atoms. The Balaban J connectivity index is 1.82. The Labute approximate surface area is 155 Å². The number of rotatable bonds is 4. The first-order valence-corrected chi connectivity index (χ1v) is 8.28. The van der Waals surface area contributed by atoms with E-state index < -0.39 is 0 Å². The number of hydrogen-bond acceptors (Lipinski definition) is 4. The minimum atomic E-state index is -0.367. The molecule has 2 aromatic carbocycles. The van der Waals surface area contributed by atoms with Crippen molar-refractivity contribution in [3.8, 4) is 22.8 Å². The molecule has 0 aliphatic heterocycles. The lowest BCUT2D eigenvalue weighted by Gasteiger charge is -2.07. The number of carbonyl (C=O) groups excluding carboxylic acids is 1. The summed E-state index contributed by atoms with van der Waals surface area (Å²) in [5, 5.41) is 20.3. The number of aromatic hydroxyl groups is 1. The second-order valence-electron chi connectivity index (χ2n) is 5.87. The van der Waals surface area contributed by atoms with Crippen molar-refractivity contribution in [1.29, 1.82) is 0 Å². The van der Waals surface area contributed by atoms with Crippen LogP contribution in [0.3, 0.4) is 0 Å². The second-order valence-corrected chi connectivity index (χ2v) is 6.28. The van der Waals surface area contributed by atoms with Crippen LogP contribution in [0.25, 0.3) is 11.3 Å². The Morgan fingerprint density at radius 3 is 2.69 bits per heavy atom. The highest BCUT2D eigenvalue weighted by atomic mass is 35.5. The molecule has 1 heterocycles. The van der Waals surface area contributed by atoms with Crippen LogP contribution in [-0.2, 0) is 0 Å². The van der Waals surface area contributed by atoms with Crippen LogP contribution in [0.4, 0.5) is 5.69 Å². The summed E-state index contributed by atoms with van der Waals surface area (Å²) in [6, 6.07) is 10.2. The average Bonchev–Trinajstić information content (AvgIpc) is 3.10. The van der Waals surface area contributed by atoms with Gasteiger partial charge in [-0.2, -0.15) is 5.10 Å². The zero-order valence-corrected chi connectivity index (χ0v) is 15.3. The zero-order chi connectivity index (χ0) is 18.8. The third-order valence-corrected chi connectivity index (χ3v) is 4.51. The number of benzene rings is 2. The van der Waals surface area contributed by atoms with Crippen LogP contribution < -0.4 is 10.1 Å². The Morgan fingerprint density at radius 1 is 1.23 bits per heavy atom. The number of phenolic OH excluding ortho intramolecular Hbond substituents is 1. The molecular weight excluding hydrogens is 354 g/mol. The van der Waals surface area contributed by atoms with Gasteiger partial charge in [0.1, 0.15) is 17.2 Å². The number of aromatic nitrogens is 2. The summed E-state index contributed by atoms with van der Waals surface area (Å²) in [5.41, 5.74) is 3.62. The van der Waals surface area contributed by atoms with Crippen molar-refractivity contribution in [2.75, 3.05) is 12.4 Å². The summed E-state index contributed by atoms with van der Waals surface area (Å²) in [7, 11) is 1.52. The number of aryl methyl sites for hydroxylation is 1. The van der Waals surface area contributed by atoms with Crippen LogP contribution >= 0.6 is 11.6 Å². The minimum absolute atomic E-state index is 0.158. The van der Waals surface area contributed by atoms with E-state index in [4.69, 9.17) is 16.3 Å². The van der Waals surface area contributed by atoms with Crippen molar-refractivity contribution in [3.63, 3.8) is 0 Å². The molecule has 3 rings (SSSR count). The predicted octanol–water partition coefficient (Wildman–Crippen LogP) is 4.31. The maximum Gasteiger partial charge on any atom is 0.273 e. The van der Waals surface area contributed by atoms with E-state index in [-0.39, 0.29) is 17.4 Å². The molecule has 0 aliphatic rings. The van der Waals surface area contributed by atoms with E-state index in [1.807, 2.05) is 19.9 Å². The number of anilines is 1. The lowest BCUT2D eigenvalue weighted by Crippen LogP contribution is -2.12. The van der Waals surface area contributed by atoms with Gasteiger partial charge in [0.15, 0.2) is 0 Å². The smallest absolute Gasteiger partial charge is 0.273 e. The van der Waals surface area contributed by atoms with Crippen LogP contribution in [0.1, 0.15) is 21.6 Å². The van der Waals surface area contributed by atoms with Gasteiger partial charge >= 0.3 is 0 Å². The third-order valence-electron chi connectivity index (χ3n) is 4.21. The number of carbonyl (C=O) groups is 1. The quantitative estimate of drug-likeness (QED) is 0.637. The highest BCUT2D eigenvalue weighted by molar-refractivity contribution is 6.32. The number of nitrogens with zero attached hydrogens (tertiary/aromatic N) is 1. The first-order chi connectivity index (χ1) is 12.4. The number of halogens is 1. The van der Waals surface area contributed by atoms with Crippen LogP contribution in [0.15, 0.2) is 36.4 Å². The van der Waals surface area contributed by atoms with Crippen molar-refractivity contribution in [2.24, 2.45) is 0 Å². The Kier molecular flexibility index (Phi) is 4.86. The molecule has 0 spiro atoms. The Morgan fingerprint density at radius 2 is 2.00 bits per heavy atom. The SMILES string of the molecule is COc1ccc(NC(=O)c2cc(-c3ccc(C)c(C)c3O)n[nH]2)cc1Cl. The highest BCUT2D eigenvalue weighted by Gasteiger charge is 2.15. The average molecular weight is 372 g/mol. The van der Waals surface area contributed by atoms with Crippen LogP contribution in [-0.4, -0.2) is 28.3 Å². The molecule has 0 saturated heterocycles. The van der Waals surface area contributed by atoms with Gasteiger partial charge in [-0.25, -0.2) is 0 Å². The number of hydrogen-bond donors (Lipinski definition) is 3. The van der Waals surface area contributed by atoms with Gasteiger partial charge < -0.3 is 15.2 Å². The minimum Gasteiger partial charge on any atom is -0.507 e. The zero-order valence-electron chi connectivity index (χ0n) is 14.6. The fourth-order valence-electron chi connectivity index (χ4n) is 2.53. The molecule has 0 fully saturated rings. The van der Waals surface area contributed by atoms with Gasteiger partial charge in [-0.05, 0) is 55.3 Å². The second kappa shape index (κ2) is 7.09. The fourth-order valence-corrected chi connectivity index (χ4v) is 2.78. The van der Waals surface area contributed by atoms with E-state index in [1.54, 1.807) is 30.3 Å². The molecule has 1 aromatic heterocycles. The number of ether oxygens (including phenoxy) is 1. The van der Waals surface area contributed by atoms with Crippen molar-refractivity contribution in [2.45, 2.75) is 13.8 Å². The van der Waals surface area contributed by atoms with Gasteiger partial charge in [0.25, 0.3) is 5.91 Å². The van der Waals surface area contributed by atoms with Gasteiger partial charge in [0, 0.05) is 11.3 Å². The first kappa shape index (κ1) is 17.8. The fraction of sp³-hybridized carbons (Fsp3) is 0.158. The van der Waals surface area contributed by atoms with Gasteiger partial charge in [0.05, 0.1) is 17.8 Å². The van der Waals surface area contributed by atoms with E-state index in [0.717, 1.165) is 11.1 Å². The Bertz CT molecular complexity index is 982. The molecule has 0 radical (unpaired) electrons. The molecule has 6 nitrogen and oxygen atoms in total. The van der Waals surface area contributed by atoms with Crippen molar-refractivity contribution < 1.29 is 14.6 Å². The molecule has 134 valence electrons. The standard InChI is InChI=1S/C19H18ClN3O3/c1-10-4-6-13(18(24)11(10)2)15-9-16(23-22-15)19(25)21-12-5-7-17(26-3)14(20)8-12/h4-9,24H,1-3H3,(H,21,25)(H,22,23). The van der Waals surface area contributed by atoms with E-state index in [0.29, 0.717) is 27.7 Å². The summed E-state index contributed by atoms with van der Waals surface area (Å²) >= 11 is 6.06. The van der Waals surface area contributed by atoms with E-state index in [9.17, 15) is 9.90 Å². The third kappa shape index (κ3) is 3.36. The van der Waals surface area contributed by atoms with Crippen molar-refractivity contribution in [1.82, 2.24) is 10.2 Å². The van der Waals surface area contributed by atoms with Crippen LogP contribution in [0.5, 0.6) is 11.5 Å². The molecule has 3 aromatic rings. The summed E-state index contributed by atoms with van der Waals surface area (Å²) in [6.07, 6.45) is 0. The molecule has 26 heavy (non-hydrogen) atoms. The monoisotopic (exact) mass is 371 g/mol. The summed E-state index contributed by atoms with van der Waals surface area (Å²) in [6.45, 7) is 3.75. The molecular formula is C19H18ClN3O3. The number of aromatic amines is 1. The van der Waals surface area contributed by atoms with E-state index in [1.165, 1.54) is 7.11 Å². The molecule has 0 unspecified atom stereocenters. The molecule has 1 amide bonds. The van der Waals surface area contributed by atoms with Crippen LogP contribution in [0.2, 0.25) is 5.02 Å². The highest BCUT2D eigenvalue weighted by Crippen LogP contribution is 2.33. The number of H-pyrrole nitrogens is 1. The lowest BCUT2D eigenvalue weighted by molar-refractivity contribution is 0.102. The predicted molar refractivity (Wildman–Crippen MR) is 101 cm³/mol. The van der Waals surface area contributed by atoms with Gasteiger partial charge in [-0.3, -0.25) is 9.89 Å². The number of nitrogens with one attached hydrogen (secondary N) is 2. The van der Waals surface area contributed by atoms with E-state index >= 15 is 0 Å². The maximum atomic E-state index is 12.4. The first-order valence-electron chi connectivity index (χ1n) is 7.90. The summed E-state index contributed by atoms with van der Waals surface area (Å²) < 4.78 is 5.09. The molecule has 0 saturated carbocycles. The van der Waals surface area contributed by atoms with Crippen LogP contribution in [0, 0.1) is 13.8 Å². The van der Waals surface area contributed by atoms with Crippen molar-refractivity contribution in [3.05, 3.63) is 58.2 Å². The van der Waals surface area contributed by atoms with Gasteiger partial charge in [-0.1, -0.05) is 17.7 Å². The molecule has 3 N–H and O–H groups in total. The van der Waals surface area contributed by atoms with Gasteiger partial charge in [-0.15, -0.1) is 0 Å².